The molecule has 0 saturated heterocycles. The fraction of sp³-hybridized carbons (Fsp3) is 0. The van der Waals surface area contributed by atoms with Crippen molar-refractivity contribution >= 4 is 38.1 Å². The Morgan fingerprint density at radius 3 is 2.45 bits per heavy atom. The summed E-state index contributed by atoms with van der Waals surface area (Å²) in [5, 5.41) is 9.13. The SMILES string of the molecule is O=Cc1ccc(O)c(Br)c1Br. The van der Waals surface area contributed by atoms with Gasteiger partial charge in [0.2, 0.25) is 0 Å². The molecule has 1 N–H and O–H groups in total. The first-order valence-corrected chi connectivity index (χ1v) is 4.37. The van der Waals surface area contributed by atoms with Crippen molar-refractivity contribution in [2.45, 2.75) is 0 Å². The number of aldehydes is 1. The Kier molecular flexibility index (Phi) is 2.67. The van der Waals surface area contributed by atoms with Gasteiger partial charge >= 0.3 is 0 Å². The van der Waals surface area contributed by atoms with Gasteiger partial charge in [0.15, 0.2) is 6.29 Å². The number of carbonyl (C=O) groups excluding carboxylic acids is 1. The van der Waals surface area contributed by atoms with Crippen LogP contribution in [0.15, 0.2) is 21.1 Å². The number of carbonyl (C=O) groups is 1. The van der Waals surface area contributed by atoms with Crippen molar-refractivity contribution in [2.24, 2.45) is 0 Å². The van der Waals surface area contributed by atoms with Gasteiger partial charge in [-0.25, -0.2) is 0 Å². The second-order valence-corrected chi connectivity index (χ2v) is 3.51. The van der Waals surface area contributed by atoms with Crippen LogP contribution in [0.5, 0.6) is 5.75 Å². The van der Waals surface area contributed by atoms with Crippen LogP contribution in [-0.2, 0) is 0 Å². The molecule has 0 aliphatic carbocycles. The zero-order valence-electron chi connectivity index (χ0n) is 5.34. The van der Waals surface area contributed by atoms with E-state index >= 15 is 0 Å². The fourth-order valence-electron chi connectivity index (χ4n) is 0.645. The summed E-state index contributed by atoms with van der Waals surface area (Å²) in [5.41, 5.74) is 0.509. The van der Waals surface area contributed by atoms with Gasteiger partial charge in [0, 0.05) is 10.0 Å². The smallest absolute Gasteiger partial charge is 0.151 e. The molecule has 0 heterocycles. The molecule has 1 rings (SSSR count). The Hall–Kier alpha value is -0.350. The van der Waals surface area contributed by atoms with Crippen LogP contribution in [0.2, 0.25) is 0 Å². The average Bonchev–Trinajstić information content (AvgIpc) is 2.01. The number of phenolic OH excluding ortho intramolecular Hbond substituents is 1. The minimum absolute atomic E-state index is 0.113. The van der Waals surface area contributed by atoms with E-state index in [4.69, 9.17) is 5.11 Å². The van der Waals surface area contributed by atoms with Crippen molar-refractivity contribution in [3.63, 3.8) is 0 Å². The summed E-state index contributed by atoms with van der Waals surface area (Å²) in [5.74, 6) is 0.113. The zero-order chi connectivity index (χ0) is 8.43. The lowest BCUT2D eigenvalue weighted by atomic mass is 10.2. The van der Waals surface area contributed by atoms with E-state index in [9.17, 15) is 4.79 Å². The second kappa shape index (κ2) is 3.36. The molecule has 11 heavy (non-hydrogen) atoms. The molecule has 0 spiro atoms. The van der Waals surface area contributed by atoms with E-state index in [1.165, 1.54) is 12.1 Å². The van der Waals surface area contributed by atoms with Crippen LogP contribution in [0.3, 0.4) is 0 Å². The third-order valence-electron chi connectivity index (χ3n) is 1.22. The molecule has 4 heteroatoms. The van der Waals surface area contributed by atoms with Crippen molar-refractivity contribution in [2.75, 3.05) is 0 Å². The van der Waals surface area contributed by atoms with Gasteiger partial charge in [-0.05, 0) is 44.0 Å². The van der Waals surface area contributed by atoms with Crippen molar-refractivity contribution in [3.05, 3.63) is 26.6 Å². The van der Waals surface area contributed by atoms with Crippen LogP contribution in [0.4, 0.5) is 0 Å². The lowest BCUT2D eigenvalue weighted by Crippen LogP contribution is -1.82. The summed E-state index contributed by atoms with van der Waals surface area (Å²) >= 11 is 6.27. The standard InChI is InChI=1S/C7H4Br2O2/c8-6-4(3-10)1-2-5(11)7(6)9/h1-3,11H. The first-order valence-electron chi connectivity index (χ1n) is 2.79. The second-order valence-electron chi connectivity index (χ2n) is 1.92. The van der Waals surface area contributed by atoms with Crippen LogP contribution in [-0.4, -0.2) is 11.4 Å². The number of hydrogen-bond donors (Lipinski definition) is 1. The van der Waals surface area contributed by atoms with Gasteiger partial charge in [0.25, 0.3) is 0 Å². The molecule has 58 valence electrons. The predicted molar refractivity (Wildman–Crippen MR) is 48.9 cm³/mol. The lowest BCUT2D eigenvalue weighted by Gasteiger charge is -2.00. The molecule has 1 aromatic carbocycles. The molecular weight excluding hydrogens is 276 g/mol. The van der Waals surface area contributed by atoms with Gasteiger partial charge in [0.1, 0.15) is 5.75 Å². The van der Waals surface area contributed by atoms with E-state index in [1.807, 2.05) is 0 Å². The molecule has 0 bridgehead atoms. The quantitative estimate of drug-likeness (QED) is 0.803. The van der Waals surface area contributed by atoms with E-state index in [-0.39, 0.29) is 5.75 Å². The molecule has 0 aliphatic heterocycles. The van der Waals surface area contributed by atoms with Gasteiger partial charge in [-0.2, -0.15) is 0 Å². The van der Waals surface area contributed by atoms with Crippen LogP contribution in [0.1, 0.15) is 10.4 Å². The maximum atomic E-state index is 10.4. The summed E-state index contributed by atoms with van der Waals surface area (Å²) in [6.07, 6.45) is 0.717. The highest BCUT2D eigenvalue weighted by Gasteiger charge is 2.06. The Bertz CT molecular complexity index is 297. The largest absolute Gasteiger partial charge is 0.507 e. The molecule has 0 radical (unpaired) electrons. The molecule has 0 amide bonds. The highest BCUT2D eigenvalue weighted by molar-refractivity contribution is 9.13. The lowest BCUT2D eigenvalue weighted by molar-refractivity contribution is 0.112. The molecule has 0 saturated carbocycles. The van der Waals surface area contributed by atoms with E-state index in [0.717, 1.165) is 0 Å². The van der Waals surface area contributed by atoms with Crippen LogP contribution in [0, 0.1) is 0 Å². The molecular formula is C7H4Br2O2. The number of rotatable bonds is 1. The van der Waals surface area contributed by atoms with Crippen LogP contribution < -0.4 is 0 Å². The van der Waals surface area contributed by atoms with E-state index in [2.05, 4.69) is 31.9 Å². The fourth-order valence-corrected chi connectivity index (χ4v) is 1.44. The summed E-state index contributed by atoms with van der Waals surface area (Å²) in [6, 6.07) is 3.00. The van der Waals surface area contributed by atoms with Crippen molar-refractivity contribution in [1.82, 2.24) is 0 Å². The van der Waals surface area contributed by atoms with Gasteiger partial charge in [-0.3, -0.25) is 4.79 Å². The van der Waals surface area contributed by atoms with Gasteiger partial charge in [-0.1, -0.05) is 0 Å². The molecule has 0 aliphatic rings. The maximum absolute atomic E-state index is 10.4. The van der Waals surface area contributed by atoms with Crippen LogP contribution in [0.25, 0.3) is 0 Å². The normalized spacial score (nSPS) is 9.64. The first kappa shape index (κ1) is 8.74. The van der Waals surface area contributed by atoms with Crippen molar-refractivity contribution < 1.29 is 9.90 Å². The maximum Gasteiger partial charge on any atom is 0.151 e. The third-order valence-corrected chi connectivity index (χ3v) is 3.41. The first-order chi connectivity index (χ1) is 5.16. The Labute approximate surface area is 80.5 Å². The topological polar surface area (TPSA) is 37.3 Å². The molecule has 1 aromatic rings. The molecule has 0 atom stereocenters. The van der Waals surface area contributed by atoms with E-state index in [0.29, 0.717) is 20.8 Å². The summed E-state index contributed by atoms with van der Waals surface area (Å²) in [6.45, 7) is 0. The van der Waals surface area contributed by atoms with Gasteiger partial charge in [0.05, 0.1) is 4.47 Å². The van der Waals surface area contributed by atoms with Gasteiger partial charge in [-0.15, -0.1) is 0 Å². The predicted octanol–water partition coefficient (Wildman–Crippen LogP) is 2.73. The summed E-state index contributed by atoms with van der Waals surface area (Å²) in [7, 11) is 0. The third kappa shape index (κ3) is 1.62. The number of aromatic hydroxyl groups is 1. The minimum atomic E-state index is 0.113. The molecule has 0 aromatic heterocycles. The Balaban J connectivity index is 3.36. The zero-order valence-corrected chi connectivity index (χ0v) is 8.52. The average molecular weight is 280 g/mol. The Morgan fingerprint density at radius 2 is 1.91 bits per heavy atom. The summed E-state index contributed by atoms with van der Waals surface area (Å²) in [4.78, 5) is 10.4. The number of halogens is 2. The number of phenols is 1. The minimum Gasteiger partial charge on any atom is -0.507 e. The molecule has 2 nitrogen and oxygen atoms in total. The van der Waals surface area contributed by atoms with Crippen LogP contribution >= 0.6 is 31.9 Å². The monoisotopic (exact) mass is 278 g/mol. The van der Waals surface area contributed by atoms with E-state index in [1.54, 1.807) is 0 Å². The van der Waals surface area contributed by atoms with E-state index < -0.39 is 0 Å². The van der Waals surface area contributed by atoms with Crippen molar-refractivity contribution in [1.29, 1.82) is 0 Å². The number of hydrogen-bond acceptors (Lipinski definition) is 2. The van der Waals surface area contributed by atoms with Gasteiger partial charge < -0.3 is 5.11 Å². The highest BCUT2D eigenvalue weighted by atomic mass is 79.9. The molecule has 0 fully saturated rings. The summed E-state index contributed by atoms with van der Waals surface area (Å²) < 4.78 is 1.08. The molecule has 0 unspecified atom stereocenters. The Morgan fingerprint density at radius 1 is 1.27 bits per heavy atom. The number of benzene rings is 1. The highest BCUT2D eigenvalue weighted by Crippen LogP contribution is 2.33. The van der Waals surface area contributed by atoms with Crippen molar-refractivity contribution in [3.8, 4) is 5.75 Å².